The van der Waals surface area contributed by atoms with Gasteiger partial charge >= 0.3 is 0 Å². The van der Waals surface area contributed by atoms with Gasteiger partial charge in [-0.3, -0.25) is 4.98 Å². The van der Waals surface area contributed by atoms with Crippen LogP contribution in [0.1, 0.15) is 38.3 Å². The SMILES string of the molecule is CCCC1CC(C#N)(c2ccccn2)C1. The van der Waals surface area contributed by atoms with E-state index in [9.17, 15) is 5.26 Å². The molecule has 0 amide bonds. The molecule has 2 rings (SSSR count). The second-order valence-corrected chi connectivity index (χ2v) is 4.47. The minimum atomic E-state index is -0.277. The highest BCUT2D eigenvalue weighted by Gasteiger charge is 2.46. The molecule has 78 valence electrons. The molecule has 0 N–H and O–H groups in total. The Morgan fingerprint density at radius 2 is 2.33 bits per heavy atom. The normalized spacial score (nSPS) is 29.2. The number of hydrogen-bond acceptors (Lipinski definition) is 2. The van der Waals surface area contributed by atoms with Crippen molar-refractivity contribution in [2.24, 2.45) is 5.92 Å². The van der Waals surface area contributed by atoms with E-state index in [0.29, 0.717) is 0 Å². The van der Waals surface area contributed by atoms with Crippen molar-refractivity contribution < 1.29 is 0 Å². The van der Waals surface area contributed by atoms with Gasteiger partial charge in [-0.25, -0.2) is 0 Å². The van der Waals surface area contributed by atoms with E-state index in [0.717, 1.165) is 24.5 Å². The van der Waals surface area contributed by atoms with Crippen molar-refractivity contribution in [3.8, 4) is 6.07 Å². The van der Waals surface area contributed by atoms with E-state index in [1.807, 2.05) is 18.2 Å². The van der Waals surface area contributed by atoms with Crippen LogP contribution < -0.4 is 0 Å². The van der Waals surface area contributed by atoms with Crippen LogP contribution in [0.15, 0.2) is 24.4 Å². The highest BCUT2D eigenvalue weighted by Crippen LogP contribution is 2.48. The molecule has 1 aliphatic rings. The van der Waals surface area contributed by atoms with Crippen LogP contribution in [0.5, 0.6) is 0 Å². The van der Waals surface area contributed by atoms with Crippen LogP contribution in [0.2, 0.25) is 0 Å². The molecule has 1 aromatic rings. The largest absolute Gasteiger partial charge is 0.260 e. The Hall–Kier alpha value is -1.36. The average Bonchev–Trinajstić information content (AvgIpc) is 2.24. The zero-order valence-corrected chi connectivity index (χ0v) is 9.11. The van der Waals surface area contributed by atoms with E-state index >= 15 is 0 Å². The summed E-state index contributed by atoms with van der Waals surface area (Å²) in [7, 11) is 0. The van der Waals surface area contributed by atoms with Gasteiger partial charge in [0.2, 0.25) is 0 Å². The third kappa shape index (κ3) is 1.74. The molecular formula is C13H16N2. The number of hydrogen-bond donors (Lipinski definition) is 0. The highest BCUT2D eigenvalue weighted by atomic mass is 14.7. The predicted octanol–water partition coefficient (Wildman–Crippen LogP) is 3.05. The van der Waals surface area contributed by atoms with E-state index in [2.05, 4.69) is 18.0 Å². The van der Waals surface area contributed by atoms with Gasteiger partial charge in [0.25, 0.3) is 0 Å². The van der Waals surface area contributed by atoms with Gasteiger partial charge < -0.3 is 0 Å². The van der Waals surface area contributed by atoms with Crippen LogP contribution >= 0.6 is 0 Å². The minimum Gasteiger partial charge on any atom is -0.260 e. The summed E-state index contributed by atoms with van der Waals surface area (Å²) < 4.78 is 0. The maximum absolute atomic E-state index is 9.29. The molecule has 1 aromatic heterocycles. The summed E-state index contributed by atoms with van der Waals surface area (Å²) in [6.07, 6.45) is 6.23. The maximum atomic E-state index is 9.29. The molecule has 0 radical (unpaired) electrons. The third-order valence-corrected chi connectivity index (χ3v) is 3.34. The average molecular weight is 200 g/mol. The first-order chi connectivity index (χ1) is 7.30. The lowest BCUT2D eigenvalue weighted by molar-refractivity contribution is 0.180. The van der Waals surface area contributed by atoms with E-state index in [1.165, 1.54) is 12.8 Å². The number of nitrogens with zero attached hydrogens (tertiary/aromatic N) is 2. The highest BCUT2D eigenvalue weighted by molar-refractivity contribution is 5.30. The van der Waals surface area contributed by atoms with Crippen LogP contribution in [0, 0.1) is 17.2 Å². The Bertz CT molecular complexity index is 358. The quantitative estimate of drug-likeness (QED) is 0.752. The third-order valence-electron chi connectivity index (χ3n) is 3.34. The summed E-state index contributed by atoms with van der Waals surface area (Å²) in [6, 6.07) is 8.30. The van der Waals surface area contributed by atoms with Crippen molar-refractivity contribution >= 4 is 0 Å². The number of pyridine rings is 1. The van der Waals surface area contributed by atoms with E-state index in [1.54, 1.807) is 6.20 Å². The van der Waals surface area contributed by atoms with Gasteiger partial charge in [0, 0.05) is 6.20 Å². The molecule has 0 saturated heterocycles. The van der Waals surface area contributed by atoms with Crippen molar-refractivity contribution in [3.63, 3.8) is 0 Å². The van der Waals surface area contributed by atoms with Crippen molar-refractivity contribution in [1.82, 2.24) is 4.98 Å². The number of rotatable bonds is 3. The Labute approximate surface area is 91.0 Å². The van der Waals surface area contributed by atoms with Gasteiger partial charge in [-0.05, 0) is 30.9 Å². The molecular weight excluding hydrogens is 184 g/mol. The van der Waals surface area contributed by atoms with E-state index in [-0.39, 0.29) is 5.41 Å². The summed E-state index contributed by atoms with van der Waals surface area (Å²) >= 11 is 0. The fourth-order valence-corrected chi connectivity index (χ4v) is 2.54. The summed E-state index contributed by atoms with van der Waals surface area (Å²) in [5.74, 6) is 0.733. The molecule has 2 nitrogen and oxygen atoms in total. The smallest absolute Gasteiger partial charge is 0.0998 e. The predicted molar refractivity (Wildman–Crippen MR) is 59.2 cm³/mol. The molecule has 2 heteroatoms. The Balaban J connectivity index is 2.12. The molecule has 0 spiro atoms. The molecule has 1 aliphatic carbocycles. The van der Waals surface area contributed by atoms with Crippen molar-refractivity contribution in [3.05, 3.63) is 30.1 Å². The fraction of sp³-hybridized carbons (Fsp3) is 0.538. The summed E-state index contributed by atoms with van der Waals surface area (Å²) in [4.78, 5) is 4.32. The molecule has 0 aromatic carbocycles. The van der Waals surface area contributed by atoms with Crippen molar-refractivity contribution in [2.75, 3.05) is 0 Å². The van der Waals surface area contributed by atoms with Crippen LogP contribution in [0.4, 0.5) is 0 Å². The zero-order chi connectivity index (χ0) is 10.7. The molecule has 1 fully saturated rings. The van der Waals surface area contributed by atoms with E-state index in [4.69, 9.17) is 0 Å². The summed E-state index contributed by atoms with van der Waals surface area (Å²) in [6.45, 7) is 2.20. The Kier molecular flexibility index (Phi) is 2.73. The Morgan fingerprint density at radius 3 is 2.87 bits per heavy atom. The van der Waals surface area contributed by atoms with E-state index < -0.39 is 0 Å². The van der Waals surface area contributed by atoms with Gasteiger partial charge in [-0.1, -0.05) is 25.8 Å². The van der Waals surface area contributed by atoms with Gasteiger partial charge in [0.1, 0.15) is 0 Å². The van der Waals surface area contributed by atoms with Gasteiger partial charge in [0.15, 0.2) is 0 Å². The van der Waals surface area contributed by atoms with Crippen LogP contribution in [0.3, 0.4) is 0 Å². The molecule has 1 saturated carbocycles. The summed E-state index contributed by atoms with van der Waals surface area (Å²) in [5, 5.41) is 9.29. The molecule has 1 heterocycles. The molecule has 0 atom stereocenters. The lowest BCUT2D eigenvalue weighted by atomic mass is 9.60. The van der Waals surface area contributed by atoms with Gasteiger partial charge in [-0.15, -0.1) is 0 Å². The van der Waals surface area contributed by atoms with Gasteiger partial charge in [0.05, 0.1) is 17.2 Å². The first-order valence-corrected chi connectivity index (χ1v) is 5.63. The number of nitriles is 1. The number of aromatic nitrogens is 1. The Morgan fingerprint density at radius 1 is 1.53 bits per heavy atom. The zero-order valence-electron chi connectivity index (χ0n) is 9.11. The van der Waals surface area contributed by atoms with Crippen molar-refractivity contribution in [1.29, 1.82) is 5.26 Å². The summed E-state index contributed by atoms with van der Waals surface area (Å²) in [5.41, 5.74) is 0.682. The minimum absolute atomic E-state index is 0.277. The first-order valence-electron chi connectivity index (χ1n) is 5.63. The second kappa shape index (κ2) is 4.02. The topological polar surface area (TPSA) is 36.7 Å². The van der Waals surface area contributed by atoms with Crippen LogP contribution in [-0.4, -0.2) is 4.98 Å². The molecule has 0 unspecified atom stereocenters. The first kappa shape index (κ1) is 10.2. The molecule has 0 bridgehead atoms. The standard InChI is InChI=1S/C13H16N2/c1-2-5-11-8-13(9-11,10-14)12-6-3-4-7-15-12/h3-4,6-7,11H,2,5,8-9H2,1H3. The lowest BCUT2D eigenvalue weighted by Crippen LogP contribution is -2.40. The monoisotopic (exact) mass is 200 g/mol. The fourth-order valence-electron chi connectivity index (χ4n) is 2.54. The van der Waals surface area contributed by atoms with Crippen LogP contribution in [-0.2, 0) is 5.41 Å². The second-order valence-electron chi connectivity index (χ2n) is 4.47. The lowest BCUT2D eigenvalue weighted by Gasteiger charge is -2.42. The van der Waals surface area contributed by atoms with Crippen LogP contribution in [0.25, 0.3) is 0 Å². The molecule has 0 aliphatic heterocycles. The van der Waals surface area contributed by atoms with Crippen molar-refractivity contribution in [2.45, 2.75) is 38.0 Å². The maximum Gasteiger partial charge on any atom is 0.0998 e. The van der Waals surface area contributed by atoms with Gasteiger partial charge in [-0.2, -0.15) is 5.26 Å². The molecule has 15 heavy (non-hydrogen) atoms.